The van der Waals surface area contributed by atoms with Crippen LogP contribution in [0.5, 0.6) is 0 Å². The fourth-order valence-electron chi connectivity index (χ4n) is 3.09. The Kier molecular flexibility index (Phi) is 8.24. The number of sulfonamides is 1. The third kappa shape index (κ3) is 6.06. The SMILES string of the molecule is CCN(CCCCNCc1ncc(C)cc1C)S(=O)(=O)c1ccccc1[N+](=O)[O-]. The van der Waals surface area contributed by atoms with Gasteiger partial charge in [-0.05, 0) is 50.4 Å². The number of aromatic nitrogens is 1. The molecule has 0 aliphatic carbocycles. The van der Waals surface area contributed by atoms with E-state index in [-0.39, 0.29) is 11.4 Å². The van der Waals surface area contributed by atoms with Crippen molar-refractivity contribution in [2.24, 2.45) is 0 Å². The van der Waals surface area contributed by atoms with E-state index in [1.807, 2.05) is 20.0 Å². The highest BCUT2D eigenvalue weighted by Crippen LogP contribution is 2.26. The maximum atomic E-state index is 12.9. The second-order valence-electron chi connectivity index (χ2n) is 6.88. The summed E-state index contributed by atoms with van der Waals surface area (Å²) in [6.07, 6.45) is 3.28. The van der Waals surface area contributed by atoms with E-state index in [2.05, 4.69) is 16.4 Å². The Balaban J connectivity index is 1.88. The average Bonchev–Trinajstić information content (AvgIpc) is 2.68. The topological polar surface area (TPSA) is 105 Å². The molecule has 158 valence electrons. The molecule has 0 unspecified atom stereocenters. The number of benzene rings is 1. The summed E-state index contributed by atoms with van der Waals surface area (Å²) in [7, 11) is -3.91. The number of hydrogen-bond acceptors (Lipinski definition) is 6. The smallest absolute Gasteiger partial charge is 0.289 e. The summed E-state index contributed by atoms with van der Waals surface area (Å²) < 4.78 is 27.0. The number of pyridine rings is 1. The van der Waals surface area contributed by atoms with Crippen molar-refractivity contribution in [3.63, 3.8) is 0 Å². The normalized spacial score (nSPS) is 11.7. The molecule has 1 N–H and O–H groups in total. The van der Waals surface area contributed by atoms with Crippen molar-refractivity contribution in [1.29, 1.82) is 0 Å². The minimum absolute atomic E-state index is 0.258. The number of nitro benzene ring substituents is 1. The molecule has 8 nitrogen and oxygen atoms in total. The zero-order valence-electron chi connectivity index (χ0n) is 17.1. The van der Waals surface area contributed by atoms with Crippen molar-refractivity contribution in [2.75, 3.05) is 19.6 Å². The molecular weight excluding hydrogens is 392 g/mol. The fourth-order valence-corrected chi connectivity index (χ4v) is 4.73. The van der Waals surface area contributed by atoms with Crippen LogP contribution in [0.25, 0.3) is 0 Å². The van der Waals surface area contributed by atoms with E-state index in [9.17, 15) is 18.5 Å². The monoisotopic (exact) mass is 420 g/mol. The van der Waals surface area contributed by atoms with E-state index in [1.54, 1.807) is 6.92 Å². The quantitative estimate of drug-likeness (QED) is 0.340. The number of aryl methyl sites for hydroxylation is 2. The van der Waals surface area contributed by atoms with Gasteiger partial charge in [0.2, 0.25) is 10.0 Å². The molecule has 0 radical (unpaired) electrons. The van der Waals surface area contributed by atoms with E-state index in [0.717, 1.165) is 29.8 Å². The molecule has 0 amide bonds. The second kappa shape index (κ2) is 10.4. The molecule has 0 saturated heterocycles. The number of nitrogens with one attached hydrogen (secondary N) is 1. The van der Waals surface area contributed by atoms with E-state index < -0.39 is 20.6 Å². The van der Waals surface area contributed by atoms with Crippen LogP contribution in [0, 0.1) is 24.0 Å². The van der Waals surface area contributed by atoms with Crippen molar-refractivity contribution in [3.05, 3.63) is 63.5 Å². The summed E-state index contributed by atoms with van der Waals surface area (Å²) in [4.78, 5) is 14.7. The zero-order valence-corrected chi connectivity index (χ0v) is 17.9. The summed E-state index contributed by atoms with van der Waals surface area (Å²) in [6, 6.07) is 7.56. The molecule has 1 aromatic heterocycles. The van der Waals surface area contributed by atoms with Crippen molar-refractivity contribution in [3.8, 4) is 0 Å². The molecule has 0 fully saturated rings. The van der Waals surface area contributed by atoms with Gasteiger partial charge >= 0.3 is 0 Å². The Morgan fingerprint density at radius 1 is 1.21 bits per heavy atom. The molecule has 0 aliphatic heterocycles. The molecule has 0 spiro atoms. The van der Waals surface area contributed by atoms with Gasteiger partial charge in [-0.15, -0.1) is 0 Å². The molecule has 29 heavy (non-hydrogen) atoms. The van der Waals surface area contributed by atoms with Crippen LogP contribution in [0.15, 0.2) is 41.4 Å². The Hall–Kier alpha value is -2.36. The van der Waals surface area contributed by atoms with Gasteiger partial charge in [0.05, 0.1) is 10.6 Å². The van der Waals surface area contributed by atoms with Crippen LogP contribution in [0.2, 0.25) is 0 Å². The van der Waals surface area contributed by atoms with Crippen molar-refractivity contribution in [1.82, 2.24) is 14.6 Å². The van der Waals surface area contributed by atoms with Crippen molar-refractivity contribution in [2.45, 2.75) is 45.1 Å². The van der Waals surface area contributed by atoms with E-state index in [1.165, 1.54) is 28.6 Å². The molecule has 1 aromatic carbocycles. The number of unbranched alkanes of at least 4 members (excludes halogenated alkanes) is 1. The Morgan fingerprint density at radius 3 is 2.59 bits per heavy atom. The maximum Gasteiger partial charge on any atom is 0.289 e. The Bertz CT molecular complexity index is 947. The third-order valence-electron chi connectivity index (χ3n) is 4.66. The summed E-state index contributed by atoms with van der Waals surface area (Å²) >= 11 is 0. The highest BCUT2D eigenvalue weighted by molar-refractivity contribution is 7.89. The summed E-state index contributed by atoms with van der Waals surface area (Å²) in [5, 5.41) is 14.5. The van der Waals surface area contributed by atoms with Gasteiger partial charge in [-0.3, -0.25) is 15.1 Å². The van der Waals surface area contributed by atoms with Crippen LogP contribution in [0.4, 0.5) is 5.69 Å². The predicted molar refractivity (Wildman–Crippen MR) is 112 cm³/mol. The zero-order chi connectivity index (χ0) is 21.4. The Labute approximate surface area is 172 Å². The van der Waals surface area contributed by atoms with Crippen LogP contribution in [-0.2, 0) is 16.6 Å². The largest absolute Gasteiger partial charge is 0.311 e. The van der Waals surface area contributed by atoms with E-state index in [0.29, 0.717) is 19.5 Å². The number of nitro groups is 1. The first-order chi connectivity index (χ1) is 13.8. The molecule has 0 bridgehead atoms. The van der Waals surface area contributed by atoms with Crippen LogP contribution in [-0.4, -0.2) is 42.3 Å². The lowest BCUT2D eigenvalue weighted by atomic mass is 10.1. The van der Waals surface area contributed by atoms with Gasteiger partial charge in [0.1, 0.15) is 0 Å². The number of hydrogen-bond donors (Lipinski definition) is 1. The lowest BCUT2D eigenvalue weighted by molar-refractivity contribution is -0.387. The lowest BCUT2D eigenvalue weighted by Gasteiger charge is -2.20. The first-order valence-electron chi connectivity index (χ1n) is 9.63. The third-order valence-corrected chi connectivity index (χ3v) is 6.68. The van der Waals surface area contributed by atoms with E-state index >= 15 is 0 Å². The van der Waals surface area contributed by atoms with Crippen LogP contribution in [0.1, 0.15) is 36.6 Å². The first-order valence-corrected chi connectivity index (χ1v) is 11.1. The van der Waals surface area contributed by atoms with E-state index in [4.69, 9.17) is 0 Å². The predicted octanol–water partition coefficient (Wildman–Crippen LogP) is 3.19. The molecule has 0 saturated carbocycles. The van der Waals surface area contributed by atoms with Crippen molar-refractivity contribution >= 4 is 15.7 Å². The average molecular weight is 421 g/mol. The number of rotatable bonds is 11. The summed E-state index contributed by atoms with van der Waals surface area (Å²) in [5.41, 5.74) is 2.88. The van der Waals surface area contributed by atoms with Gasteiger partial charge in [-0.1, -0.05) is 25.1 Å². The molecule has 1 heterocycles. The maximum absolute atomic E-state index is 12.9. The molecule has 2 aromatic rings. The highest BCUT2D eigenvalue weighted by atomic mass is 32.2. The number of para-hydroxylation sites is 1. The molecule has 9 heteroatoms. The van der Waals surface area contributed by atoms with Gasteiger partial charge in [0, 0.05) is 31.9 Å². The summed E-state index contributed by atoms with van der Waals surface area (Å²) in [6.45, 7) is 7.74. The van der Waals surface area contributed by atoms with Gasteiger partial charge in [-0.25, -0.2) is 8.42 Å². The molecule has 2 rings (SSSR count). The second-order valence-corrected chi connectivity index (χ2v) is 8.79. The number of nitrogens with zero attached hydrogens (tertiary/aromatic N) is 3. The molecule has 0 atom stereocenters. The lowest BCUT2D eigenvalue weighted by Crippen LogP contribution is -2.32. The van der Waals surface area contributed by atoms with Crippen LogP contribution >= 0.6 is 0 Å². The minimum Gasteiger partial charge on any atom is -0.311 e. The Morgan fingerprint density at radius 2 is 1.93 bits per heavy atom. The van der Waals surface area contributed by atoms with Crippen LogP contribution in [0.3, 0.4) is 0 Å². The van der Waals surface area contributed by atoms with Gasteiger partial charge in [0.15, 0.2) is 4.90 Å². The summed E-state index contributed by atoms with van der Waals surface area (Å²) in [5.74, 6) is 0. The van der Waals surface area contributed by atoms with Gasteiger partial charge in [0.25, 0.3) is 5.69 Å². The molecular formula is C20H28N4O4S. The van der Waals surface area contributed by atoms with Gasteiger partial charge < -0.3 is 5.32 Å². The van der Waals surface area contributed by atoms with Gasteiger partial charge in [-0.2, -0.15) is 4.31 Å². The fraction of sp³-hybridized carbons (Fsp3) is 0.450. The first kappa shape index (κ1) is 22.9. The molecule has 0 aliphatic rings. The highest BCUT2D eigenvalue weighted by Gasteiger charge is 2.30. The van der Waals surface area contributed by atoms with Crippen LogP contribution < -0.4 is 5.32 Å². The van der Waals surface area contributed by atoms with Crippen molar-refractivity contribution < 1.29 is 13.3 Å². The minimum atomic E-state index is -3.91. The standard InChI is InChI=1S/C20H28N4O4S/c1-4-23(29(27,28)20-10-6-5-9-19(20)24(25)26)12-8-7-11-21-15-18-17(3)13-16(2)14-22-18/h5-6,9-10,13-14,21H,4,7-8,11-12,15H2,1-3H3.